The van der Waals surface area contributed by atoms with E-state index in [1.54, 1.807) is 32.1 Å². The topological polar surface area (TPSA) is 89.9 Å². The quantitative estimate of drug-likeness (QED) is 0.489. The van der Waals surface area contributed by atoms with Crippen molar-refractivity contribution in [2.45, 2.75) is 72.8 Å². The predicted molar refractivity (Wildman–Crippen MR) is 116 cm³/mol. The number of carbonyl (C=O) groups is 3. The summed E-state index contributed by atoms with van der Waals surface area (Å²) < 4.78 is 10.9. The van der Waals surface area contributed by atoms with Gasteiger partial charge < -0.3 is 14.6 Å². The van der Waals surface area contributed by atoms with Gasteiger partial charge in [0.25, 0.3) is 0 Å². The first-order valence-corrected chi connectivity index (χ1v) is 11.2. The Kier molecular flexibility index (Phi) is 6.49. The second kappa shape index (κ2) is 8.64. The molecule has 1 fully saturated rings. The average Bonchev–Trinajstić information content (AvgIpc) is 3.09. The lowest BCUT2D eigenvalue weighted by molar-refractivity contribution is -0.161. The first-order chi connectivity index (χ1) is 14.5. The highest BCUT2D eigenvalue weighted by molar-refractivity contribution is 5.91. The molecule has 6 nitrogen and oxygen atoms in total. The second-order valence-corrected chi connectivity index (χ2v) is 10.0. The van der Waals surface area contributed by atoms with E-state index in [9.17, 15) is 19.5 Å². The Morgan fingerprint density at radius 1 is 1.29 bits per heavy atom. The van der Waals surface area contributed by atoms with E-state index in [0.717, 1.165) is 19.3 Å². The van der Waals surface area contributed by atoms with E-state index >= 15 is 0 Å². The molecule has 0 unspecified atom stereocenters. The van der Waals surface area contributed by atoms with Crippen molar-refractivity contribution in [2.75, 3.05) is 6.61 Å². The Balaban J connectivity index is 2.02. The Bertz CT molecular complexity index is 861. The van der Waals surface area contributed by atoms with Gasteiger partial charge in [-0.2, -0.15) is 0 Å². The largest absolute Gasteiger partial charge is 0.478 e. The molecule has 0 bridgehead atoms. The van der Waals surface area contributed by atoms with Gasteiger partial charge in [-0.15, -0.1) is 0 Å². The number of ether oxygens (including phenoxy) is 2. The molecule has 3 aliphatic rings. The summed E-state index contributed by atoms with van der Waals surface area (Å²) in [5.41, 5.74) is 0.944. The SMILES string of the molecule is C/C=C(\C)C(=O)O[C@H]1C=C(C(=O)O)[C@H](CCC2=CCOC2=O)[C@@]2(C)CCCC(C)(C)[C@H]12. The summed E-state index contributed by atoms with van der Waals surface area (Å²) in [4.78, 5) is 36.8. The van der Waals surface area contributed by atoms with Gasteiger partial charge in [-0.05, 0) is 68.4 Å². The minimum atomic E-state index is -0.986. The van der Waals surface area contributed by atoms with Gasteiger partial charge in [-0.25, -0.2) is 14.4 Å². The normalized spacial score (nSPS) is 32.5. The molecule has 3 rings (SSSR count). The lowest BCUT2D eigenvalue weighted by Crippen LogP contribution is -2.56. The molecular formula is C25H34O6. The molecule has 170 valence electrons. The molecular weight excluding hydrogens is 396 g/mol. The standard InChI is InChI=1S/C25H34O6/c1-6-15(2)22(28)31-19-14-17(21(26)27)18(9-8-16-10-13-30-23(16)29)25(5)12-7-11-24(3,4)20(19)25/h6,10,14,18-20H,7-9,11-13H2,1-5H3,(H,26,27)/b15-6+/t18-,19-,20-,25+/m0/s1. The summed E-state index contributed by atoms with van der Waals surface area (Å²) in [5, 5.41) is 10.1. The van der Waals surface area contributed by atoms with Gasteiger partial charge >= 0.3 is 17.9 Å². The summed E-state index contributed by atoms with van der Waals surface area (Å²) in [7, 11) is 0. The Morgan fingerprint density at radius 2 is 2.00 bits per heavy atom. The van der Waals surface area contributed by atoms with Crippen LogP contribution in [0.3, 0.4) is 0 Å². The third kappa shape index (κ3) is 4.35. The molecule has 0 amide bonds. The second-order valence-electron chi connectivity index (χ2n) is 10.0. The Hall–Kier alpha value is -2.37. The highest BCUT2D eigenvalue weighted by Crippen LogP contribution is 2.61. The van der Waals surface area contributed by atoms with E-state index in [0.29, 0.717) is 29.6 Å². The molecule has 1 aliphatic heterocycles. The van der Waals surface area contributed by atoms with E-state index in [4.69, 9.17) is 9.47 Å². The van der Waals surface area contributed by atoms with Crippen LogP contribution in [0.1, 0.15) is 66.7 Å². The van der Waals surface area contributed by atoms with Crippen molar-refractivity contribution in [1.29, 1.82) is 0 Å². The average molecular weight is 431 g/mol. The Labute approximate surface area is 184 Å². The van der Waals surface area contributed by atoms with Crippen LogP contribution in [0.2, 0.25) is 0 Å². The molecule has 1 N–H and O–H groups in total. The van der Waals surface area contributed by atoms with Crippen LogP contribution < -0.4 is 0 Å². The summed E-state index contributed by atoms with van der Waals surface area (Å²) in [6.45, 7) is 10.3. The monoisotopic (exact) mass is 430 g/mol. The van der Waals surface area contributed by atoms with Crippen molar-refractivity contribution in [1.82, 2.24) is 0 Å². The molecule has 31 heavy (non-hydrogen) atoms. The molecule has 0 aromatic carbocycles. The van der Waals surface area contributed by atoms with Crippen LogP contribution in [-0.4, -0.2) is 35.7 Å². The van der Waals surface area contributed by atoms with Crippen molar-refractivity contribution in [3.63, 3.8) is 0 Å². The number of carbonyl (C=O) groups excluding carboxylic acids is 2. The number of carboxylic acid groups (broad SMARTS) is 1. The smallest absolute Gasteiger partial charge is 0.334 e. The zero-order valence-electron chi connectivity index (χ0n) is 19.2. The van der Waals surface area contributed by atoms with Crippen molar-refractivity contribution in [2.24, 2.45) is 22.7 Å². The highest BCUT2D eigenvalue weighted by Gasteiger charge is 2.58. The van der Waals surface area contributed by atoms with Gasteiger partial charge in [0.2, 0.25) is 0 Å². The Morgan fingerprint density at radius 3 is 2.58 bits per heavy atom. The highest BCUT2D eigenvalue weighted by atomic mass is 16.5. The molecule has 0 aromatic heterocycles. The number of hydrogen-bond acceptors (Lipinski definition) is 5. The predicted octanol–water partition coefficient (Wildman–Crippen LogP) is 4.60. The lowest BCUT2D eigenvalue weighted by atomic mass is 9.47. The molecule has 0 aromatic rings. The first-order valence-electron chi connectivity index (χ1n) is 11.2. The van der Waals surface area contributed by atoms with Crippen molar-refractivity contribution < 1.29 is 29.0 Å². The van der Waals surface area contributed by atoms with Crippen LogP contribution in [0.25, 0.3) is 0 Å². The fourth-order valence-corrected chi connectivity index (χ4v) is 6.12. The molecule has 1 saturated carbocycles. The third-order valence-corrected chi connectivity index (χ3v) is 7.69. The van der Waals surface area contributed by atoms with Crippen LogP contribution >= 0.6 is 0 Å². The van der Waals surface area contributed by atoms with Gasteiger partial charge in [-0.3, -0.25) is 0 Å². The van der Waals surface area contributed by atoms with E-state index in [1.165, 1.54) is 0 Å². The first kappa shape index (κ1) is 23.3. The molecule has 2 aliphatic carbocycles. The summed E-state index contributed by atoms with van der Waals surface area (Å²) >= 11 is 0. The number of aliphatic carboxylic acids is 1. The van der Waals surface area contributed by atoms with E-state index in [1.807, 2.05) is 0 Å². The summed E-state index contributed by atoms with van der Waals surface area (Å²) in [6, 6.07) is 0. The molecule has 6 heteroatoms. The van der Waals surface area contributed by atoms with E-state index in [2.05, 4.69) is 20.8 Å². The van der Waals surface area contributed by atoms with Crippen LogP contribution in [0.5, 0.6) is 0 Å². The maximum Gasteiger partial charge on any atom is 0.334 e. The van der Waals surface area contributed by atoms with Crippen LogP contribution in [0, 0.1) is 22.7 Å². The summed E-state index contributed by atoms with van der Waals surface area (Å²) in [5.74, 6) is -1.95. The van der Waals surface area contributed by atoms with E-state index in [-0.39, 0.29) is 35.2 Å². The van der Waals surface area contributed by atoms with Crippen molar-refractivity contribution >= 4 is 17.9 Å². The number of rotatable bonds is 6. The van der Waals surface area contributed by atoms with Gasteiger partial charge in [0.15, 0.2) is 0 Å². The number of fused-ring (bicyclic) bond motifs is 1. The number of cyclic esters (lactones) is 1. The molecule has 0 radical (unpaired) electrons. The van der Waals surface area contributed by atoms with Crippen LogP contribution in [-0.2, 0) is 23.9 Å². The van der Waals surface area contributed by atoms with Gasteiger partial charge in [-0.1, -0.05) is 33.3 Å². The van der Waals surface area contributed by atoms with E-state index < -0.39 is 18.0 Å². The summed E-state index contributed by atoms with van der Waals surface area (Å²) in [6.07, 6.45) is 8.42. The number of allylic oxidation sites excluding steroid dienone is 1. The van der Waals surface area contributed by atoms with Crippen molar-refractivity contribution in [3.05, 3.63) is 34.9 Å². The van der Waals surface area contributed by atoms with Crippen LogP contribution in [0.15, 0.2) is 34.9 Å². The van der Waals surface area contributed by atoms with Gasteiger partial charge in [0.1, 0.15) is 12.7 Å². The number of hydrogen-bond donors (Lipinski definition) is 1. The number of esters is 2. The fourth-order valence-electron chi connectivity index (χ4n) is 6.12. The van der Waals surface area contributed by atoms with Crippen molar-refractivity contribution in [3.8, 4) is 0 Å². The molecule has 4 atom stereocenters. The third-order valence-electron chi connectivity index (χ3n) is 7.69. The molecule has 1 heterocycles. The maximum atomic E-state index is 12.6. The number of carboxylic acids is 1. The minimum Gasteiger partial charge on any atom is -0.478 e. The molecule has 0 spiro atoms. The van der Waals surface area contributed by atoms with Gasteiger partial charge in [0, 0.05) is 22.6 Å². The minimum absolute atomic E-state index is 0.0139. The zero-order chi connectivity index (χ0) is 23.0. The lowest BCUT2D eigenvalue weighted by Gasteiger charge is -2.58. The van der Waals surface area contributed by atoms with Crippen LogP contribution in [0.4, 0.5) is 0 Å². The van der Waals surface area contributed by atoms with Gasteiger partial charge in [0.05, 0.1) is 0 Å². The zero-order valence-corrected chi connectivity index (χ0v) is 19.2. The fraction of sp³-hybridized carbons (Fsp3) is 0.640. The molecule has 0 saturated heterocycles. The maximum absolute atomic E-state index is 12.6.